The SMILES string of the molecule is CCC1(CC)c2cc(/C=C/c3ccc(-c4ccc(-c5ccccc5)cc4N4C5=C(CCC=C5)Oc5ccccc54)cc3)ccc2-c2ccc(N(c3ccccc3)c3ccccc3)cc21. The lowest BCUT2D eigenvalue weighted by atomic mass is 9.73. The Kier molecular flexibility index (Phi) is 10.2. The molecule has 64 heavy (non-hydrogen) atoms. The summed E-state index contributed by atoms with van der Waals surface area (Å²) in [4.78, 5) is 4.78. The summed E-state index contributed by atoms with van der Waals surface area (Å²) in [6.07, 6.45) is 12.9. The second kappa shape index (κ2) is 16.6. The molecule has 310 valence electrons. The first-order valence-corrected chi connectivity index (χ1v) is 22.8. The van der Waals surface area contributed by atoms with E-state index < -0.39 is 0 Å². The molecular formula is C61H50N2O. The minimum atomic E-state index is -0.0792. The molecule has 0 bridgehead atoms. The maximum absolute atomic E-state index is 6.51. The molecule has 0 radical (unpaired) electrons. The molecule has 0 fully saturated rings. The van der Waals surface area contributed by atoms with Gasteiger partial charge in [0.05, 0.1) is 17.1 Å². The van der Waals surface area contributed by atoms with Gasteiger partial charge in [0.15, 0.2) is 5.75 Å². The number of para-hydroxylation sites is 4. The Labute approximate surface area is 377 Å². The summed E-state index contributed by atoms with van der Waals surface area (Å²) >= 11 is 0. The average molecular weight is 827 g/mol. The van der Waals surface area contributed by atoms with Crippen LogP contribution in [0, 0.1) is 0 Å². The van der Waals surface area contributed by atoms with Crippen LogP contribution in [0.2, 0.25) is 0 Å². The van der Waals surface area contributed by atoms with E-state index in [4.69, 9.17) is 4.74 Å². The number of nitrogens with zero attached hydrogens (tertiary/aromatic N) is 2. The predicted molar refractivity (Wildman–Crippen MR) is 269 cm³/mol. The average Bonchev–Trinajstić information content (AvgIpc) is 3.64. The van der Waals surface area contributed by atoms with Crippen molar-refractivity contribution in [3.63, 3.8) is 0 Å². The molecule has 11 rings (SSSR count). The van der Waals surface area contributed by atoms with Gasteiger partial charge in [0.25, 0.3) is 0 Å². The minimum absolute atomic E-state index is 0.0792. The molecule has 0 aromatic heterocycles. The van der Waals surface area contributed by atoms with E-state index in [1.54, 1.807) is 0 Å². The van der Waals surface area contributed by atoms with Crippen molar-refractivity contribution in [1.82, 2.24) is 0 Å². The molecule has 0 amide bonds. The number of ether oxygens (including phenoxy) is 1. The number of hydrogen-bond acceptors (Lipinski definition) is 3. The molecule has 0 unspecified atom stereocenters. The number of anilines is 5. The first-order chi connectivity index (χ1) is 31.6. The van der Waals surface area contributed by atoms with E-state index in [0.29, 0.717) is 0 Å². The number of hydrogen-bond donors (Lipinski definition) is 0. The van der Waals surface area contributed by atoms with Crippen LogP contribution in [0.4, 0.5) is 28.4 Å². The van der Waals surface area contributed by atoms with Gasteiger partial charge in [-0.3, -0.25) is 0 Å². The smallest absolute Gasteiger partial charge is 0.151 e. The van der Waals surface area contributed by atoms with Crippen molar-refractivity contribution in [3.8, 4) is 39.1 Å². The zero-order chi connectivity index (χ0) is 43.0. The molecule has 8 aromatic carbocycles. The molecule has 2 aliphatic carbocycles. The fraction of sp³-hybridized carbons (Fsp3) is 0.115. The number of benzene rings is 8. The van der Waals surface area contributed by atoms with Crippen molar-refractivity contribution in [1.29, 1.82) is 0 Å². The molecular weight excluding hydrogens is 777 g/mol. The van der Waals surface area contributed by atoms with Crippen LogP contribution in [0.5, 0.6) is 5.75 Å². The van der Waals surface area contributed by atoms with Gasteiger partial charge in [-0.05, 0) is 130 Å². The Morgan fingerprint density at radius 2 is 1.11 bits per heavy atom. The number of rotatable bonds is 10. The Morgan fingerprint density at radius 3 is 1.83 bits per heavy atom. The van der Waals surface area contributed by atoms with Gasteiger partial charge < -0.3 is 14.5 Å². The van der Waals surface area contributed by atoms with Gasteiger partial charge in [0, 0.05) is 34.5 Å². The first kappa shape index (κ1) is 39.2. The molecule has 8 aromatic rings. The summed E-state index contributed by atoms with van der Waals surface area (Å²) in [6.45, 7) is 4.71. The third kappa shape index (κ3) is 6.85. The normalized spacial score (nSPS) is 14.4. The van der Waals surface area contributed by atoms with E-state index in [-0.39, 0.29) is 5.41 Å². The first-order valence-electron chi connectivity index (χ1n) is 22.8. The highest BCUT2D eigenvalue weighted by Gasteiger charge is 2.41. The van der Waals surface area contributed by atoms with Gasteiger partial charge >= 0.3 is 0 Å². The highest BCUT2D eigenvalue weighted by atomic mass is 16.5. The molecule has 1 heterocycles. The fourth-order valence-corrected chi connectivity index (χ4v) is 10.3. The topological polar surface area (TPSA) is 15.7 Å². The summed E-state index contributed by atoms with van der Waals surface area (Å²) in [5.41, 5.74) is 19.3. The summed E-state index contributed by atoms with van der Waals surface area (Å²) < 4.78 is 6.51. The predicted octanol–water partition coefficient (Wildman–Crippen LogP) is 16.8. The van der Waals surface area contributed by atoms with Gasteiger partial charge in [-0.2, -0.15) is 0 Å². The van der Waals surface area contributed by atoms with E-state index in [2.05, 4.69) is 242 Å². The molecule has 0 spiro atoms. The van der Waals surface area contributed by atoms with Gasteiger partial charge in [0.1, 0.15) is 5.76 Å². The van der Waals surface area contributed by atoms with Crippen molar-refractivity contribution >= 4 is 40.6 Å². The molecule has 1 aliphatic heterocycles. The molecule has 3 heteroatoms. The second-order valence-corrected chi connectivity index (χ2v) is 17.0. The maximum atomic E-state index is 6.51. The van der Waals surface area contributed by atoms with Crippen molar-refractivity contribution in [2.24, 2.45) is 0 Å². The van der Waals surface area contributed by atoms with Crippen LogP contribution < -0.4 is 14.5 Å². The van der Waals surface area contributed by atoms with Crippen LogP contribution in [0.1, 0.15) is 61.8 Å². The third-order valence-corrected chi connectivity index (χ3v) is 13.6. The van der Waals surface area contributed by atoms with Gasteiger partial charge in [-0.25, -0.2) is 0 Å². The summed E-state index contributed by atoms with van der Waals surface area (Å²) in [7, 11) is 0. The Hall–Kier alpha value is -7.62. The molecule has 0 saturated carbocycles. The lowest BCUT2D eigenvalue weighted by Crippen LogP contribution is -2.25. The van der Waals surface area contributed by atoms with Crippen molar-refractivity contribution in [2.45, 2.75) is 44.9 Å². The fourth-order valence-electron chi connectivity index (χ4n) is 10.3. The quantitative estimate of drug-likeness (QED) is 0.128. The van der Waals surface area contributed by atoms with E-state index in [1.807, 2.05) is 0 Å². The third-order valence-electron chi connectivity index (χ3n) is 13.6. The zero-order valence-electron chi connectivity index (χ0n) is 36.4. The highest BCUT2D eigenvalue weighted by Crippen LogP contribution is 2.55. The van der Waals surface area contributed by atoms with Crippen LogP contribution in [-0.2, 0) is 5.41 Å². The Morgan fingerprint density at radius 1 is 0.516 bits per heavy atom. The Balaban J connectivity index is 0.922. The Bertz CT molecular complexity index is 3050. The molecule has 3 nitrogen and oxygen atoms in total. The largest absolute Gasteiger partial charge is 0.457 e. The van der Waals surface area contributed by atoms with Crippen LogP contribution in [-0.4, -0.2) is 0 Å². The lowest BCUT2D eigenvalue weighted by molar-refractivity contribution is 0.388. The maximum Gasteiger partial charge on any atom is 0.151 e. The summed E-state index contributed by atoms with van der Waals surface area (Å²) in [5.74, 6) is 1.91. The van der Waals surface area contributed by atoms with Crippen molar-refractivity contribution < 1.29 is 4.74 Å². The van der Waals surface area contributed by atoms with E-state index in [0.717, 1.165) is 71.2 Å². The van der Waals surface area contributed by atoms with Gasteiger partial charge in [0.2, 0.25) is 0 Å². The minimum Gasteiger partial charge on any atom is -0.457 e. The number of fused-ring (bicyclic) bond motifs is 4. The van der Waals surface area contributed by atoms with Crippen LogP contribution in [0.3, 0.4) is 0 Å². The van der Waals surface area contributed by atoms with Crippen molar-refractivity contribution in [3.05, 3.63) is 240 Å². The highest BCUT2D eigenvalue weighted by molar-refractivity contribution is 5.91. The summed E-state index contributed by atoms with van der Waals surface area (Å²) in [5, 5.41) is 0. The molecule has 0 saturated heterocycles. The molecule has 0 atom stereocenters. The zero-order valence-corrected chi connectivity index (χ0v) is 36.4. The molecule has 0 N–H and O–H groups in total. The monoisotopic (exact) mass is 826 g/mol. The van der Waals surface area contributed by atoms with E-state index in [1.165, 1.54) is 55.8 Å². The molecule has 3 aliphatic rings. The summed E-state index contributed by atoms with van der Waals surface area (Å²) in [6, 6.07) is 70.6. The van der Waals surface area contributed by atoms with Gasteiger partial charge in [-0.15, -0.1) is 0 Å². The standard InChI is InChI=1S/C61H50N2O/c1-3-61(4-2)54-40-44(32-37-52(54)53-39-36-50(42-55(53)61)62(48-20-10-6-11-21-48)49-22-12-7-13-23-49)29-28-43-30-33-46(34-31-43)51-38-35-47(45-18-8-5-9-19-45)41-58(51)63-56-24-14-16-26-59(56)64-60-27-17-15-25-57(60)63/h5-16,18-26,28-42H,3-4,17,27H2,1-2H3/b29-28+. The van der Waals surface area contributed by atoms with Crippen LogP contribution in [0.15, 0.2) is 218 Å². The number of allylic oxidation sites excluding steroid dienone is 3. The van der Waals surface area contributed by atoms with E-state index >= 15 is 0 Å². The van der Waals surface area contributed by atoms with E-state index in [9.17, 15) is 0 Å². The lowest BCUT2D eigenvalue weighted by Gasteiger charge is -2.36. The van der Waals surface area contributed by atoms with Crippen LogP contribution in [0.25, 0.3) is 45.5 Å². The van der Waals surface area contributed by atoms with Crippen LogP contribution >= 0.6 is 0 Å². The second-order valence-electron chi connectivity index (χ2n) is 17.0. The van der Waals surface area contributed by atoms with Gasteiger partial charge in [-0.1, -0.05) is 172 Å². The van der Waals surface area contributed by atoms with Crippen molar-refractivity contribution in [2.75, 3.05) is 9.80 Å².